The standard InChI is InChI=1S/C14H26N2/c15-12-5-7-13(8-6-12)16-10-9-11-3-1-2-4-14(11)16/h11-14H,1-10,15H2. The average molecular weight is 222 g/mol. The van der Waals surface area contributed by atoms with Crippen LogP contribution in [0.5, 0.6) is 0 Å². The minimum absolute atomic E-state index is 0.501. The first-order valence-electron chi connectivity index (χ1n) is 7.36. The van der Waals surface area contributed by atoms with E-state index < -0.39 is 0 Å². The van der Waals surface area contributed by atoms with Crippen molar-refractivity contribution in [3.8, 4) is 0 Å². The van der Waals surface area contributed by atoms with E-state index in [1.54, 1.807) is 0 Å². The molecule has 1 saturated heterocycles. The van der Waals surface area contributed by atoms with Crippen molar-refractivity contribution < 1.29 is 0 Å². The van der Waals surface area contributed by atoms with Gasteiger partial charge in [0.05, 0.1) is 0 Å². The summed E-state index contributed by atoms with van der Waals surface area (Å²) in [5.74, 6) is 1.05. The Morgan fingerprint density at radius 1 is 0.812 bits per heavy atom. The number of hydrogen-bond acceptors (Lipinski definition) is 2. The van der Waals surface area contributed by atoms with Gasteiger partial charge in [0.15, 0.2) is 0 Å². The normalized spacial score (nSPS) is 45.6. The molecule has 16 heavy (non-hydrogen) atoms. The molecule has 2 atom stereocenters. The summed E-state index contributed by atoms with van der Waals surface area (Å²) in [5, 5.41) is 0. The van der Waals surface area contributed by atoms with E-state index in [1.165, 1.54) is 64.3 Å². The second kappa shape index (κ2) is 4.66. The quantitative estimate of drug-likeness (QED) is 0.738. The Kier molecular flexibility index (Phi) is 3.21. The molecule has 1 aliphatic heterocycles. The highest BCUT2D eigenvalue weighted by Crippen LogP contribution is 2.39. The maximum absolute atomic E-state index is 6.01. The van der Waals surface area contributed by atoms with Gasteiger partial charge in [-0.1, -0.05) is 12.8 Å². The minimum Gasteiger partial charge on any atom is -0.328 e. The largest absolute Gasteiger partial charge is 0.328 e. The lowest BCUT2D eigenvalue weighted by atomic mass is 9.83. The molecule has 0 spiro atoms. The van der Waals surface area contributed by atoms with Gasteiger partial charge in [-0.05, 0) is 57.4 Å². The first-order valence-corrected chi connectivity index (χ1v) is 7.36. The summed E-state index contributed by atoms with van der Waals surface area (Å²) in [6.07, 6.45) is 12.7. The molecule has 0 radical (unpaired) electrons. The van der Waals surface area contributed by atoms with Gasteiger partial charge in [-0.3, -0.25) is 4.90 Å². The SMILES string of the molecule is NC1CCC(N2CCC3CCCCC32)CC1. The summed E-state index contributed by atoms with van der Waals surface area (Å²) in [5.41, 5.74) is 6.01. The third-order valence-electron chi connectivity index (χ3n) is 5.26. The molecule has 2 saturated carbocycles. The van der Waals surface area contributed by atoms with Gasteiger partial charge in [-0.2, -0.15) is 0 Å². The van der Waals surface area contributed by atoms with E-state index in [-0.39, 0.29) is 0 Å². The molecular formula is C14H26N2. The summed E-state index contributed by atoms with van der Waals surface area (Å²) in [7, 11) is 0. The van der Waals surface area contributed by atoms with Crippen molar-refractivity contribution in [3.63, 3.8) is 0 Å². The van der Waals surface area contributed by atoms with Gasteiger partial charge < -0.3 is 5.73 Å². The first-order chi connectivity index (χ1) is 7.84. The van der Waals surface area contributed by atoms with Crippen molar-refractivity contribution >= 4 is 0 Å². The molecule has 0 bridgehead atoms. The Morgan fingerprint density at radius 2 is 1.56 bits per heavy atom. The van der Waals surface area contributed by atoms with Crippen LogP contribution in [-0.4, -0.2) is 29.6 Å². The third-order valence-corrected chi connectivity index (χ3v) is 5.26. The van der Waals surface area contributed by atoms with Crippen LogP contribution in [0.3, 0.4) is 0 Å². The zero-order valence-corrected chi connectivity index (χ0v) is 10.4. The molecule has 2 N–H and O–H groups in total. The van der Waals surface area contributed by atoms with Crippen molar-refractivity contribution in [3.05, 3.63) is 0 Å². The Hall–Kier alpha value is -0.0800. The van der Waals surface area contributed by atoms with Gasteiger partial charge in [0.25, 0.3) is 0 Å². The van der Waals surface area contributed by atoms with Crippen LogP contribution >= 0.6 is 0 Å². The molecule has 0 aromatic heterocycles. The maximum Gasteiger partial charge on any atom is 0.0127 e. The van der Waals surface area contributed by atoms with Crippen molar-refractivity contribution in [2.75, 3.05) is 6.54 Å². The monoisotopic (exact) mass is 222 g/mol. The van der Waals surface area contributed by atoms with Crippen LogP contribution in [0.15, 0.2) is 0 Å². The van der Waals surface area contributed by atoms with E-state index >= 15 is 0 Å². The van der Waals surface area contributed by atoms with E-state index in [4.69, 9.17) is 5.73 Å². The molecule has 1 heterocycles. The molecule has 3 aliphatic rings. The van der Waals surface area contributed by atoms with E-state index in [0.29, 0.717) is 6.04 Å². The molecule has 92 valence electrons. The topological polar surface area (TPSA) is 29.3 Å². The third kappa shape index (κ3) is 2.02. The van der Waals surface area contributed by atoms with Crippen LogP contribution in [-0.2, 0) is 0 Å². The van der Waals surface area contributed by atoms with Crippen LogP contribution in [0.4, 0.5) is 0 Å². The number of fused-ring (bicyclic) bond motifs is 1. The van der Waals surface area contributed by atoms with Gasteiger partial charge in [0, 0.05) is 18.1 Å². The molecule has 3 rings (SSSR count). The number of rotatable bonds is 1. The summed E-state index contributed by atoms with van der Waals surface area (Å²) in [6.45, 7) is 1.38. The fourth-order valence-corrected chi connectivity index (χ4v) is 4.33. The van der Waals surface area contributed by atoms with Crippen molar-refractivity contribution in [1.82, 2.24) is 4.90 Å². The zero-order valence-electron chi connectivity index (χ0n) is 10.4. The summed E-state index contributed by atoms with van der Waals surface area (Å²) < 4.78 is 0. The molecule has 2 nitrogen and oxygen atoms in total. The molecule has 0 aromatic rings. The van der Waals surface area contributed by atoms with Crippen LogP contribution in [0, 0.1) is 5.92 Å². The highest BCUT2D eigenvalue weighted by Gasteiger charge is 2.39. The number of nitrogens with zero attached hydrogens (tertiary/aromatic N) is 1. The number of likely N-dealkylation sites (tertiary alicyclic amines) is 1. The Labute approximate surface area is 99.6 Å². The van der Waals surface area contributed by atoms with Gasteiger partial charge in [-0.15, -0.1) is 0 Å². The van der Waals surface area contributed by atoms with Crippen LogP contribution in [0.25, 0.3) is 0 Å². The van der Waals surface area contributed by atoms with Crippen LogP contribution < -0.4 is 5.73 Å². The van der Waals surface area contributed by atoms with Crippen molar-refractivity contribution in [1.29, 1.82) is 0 Å². The second-order valence-corrected chi connectivity index (χ2v) is 6.21. The van der Waals surface area contributed by atoms with Crippen LogP contribution in [0.2, 0.25) is 0 Å². The van der Waals surface area contributed by atoms with Crippen molar-refractivity contribution in [2.24, 2.45) is 11.7 Å². The molecule has 2 heteroatoms. The highest BCUT2D eigenvalue weighted by atomic mass is 15.2. The summed E-state index contributed by atoms with van der Waals surface area (Å²) >= 11 is 0. The minimum atomic E-state index is 0.501. The maximum atomic E-state index is 6.01. The predicted molar refractivity (Wildman–Crippen MR) is 67.3 cm³/mol. The van der Waals surface area contributed by atoms with Gasteiger partial charge in [0.1, 0.15) is 0 Å². The van der Waals surface area contributed by atoms with Crippen LogP contribution in [0.1, 0.15) is 57.8 Å². The summed E-state index contributed by atoms with van der Waals surface area (Å²) in [4.78, 5) is 2.87. The fourth-order valence-electron chi connectivity index (χ4n) is 4.33. The molecule has 0 aromatic carbocycles. The number of hydrogen-bond donors (Lipinski definition) is 1. The molecule has 0 amide bonds. The number of nitrogens with two attached hydrogens (primary N) is 1. The van der Waals surface area contributed by atoms with E-state index in [1.807, 2.05) is 0 Å². The average Bonchev–Trinajstić information content (AvgIpc) is 2.74. The summed E-state index contributed by atoms with van der Waals surface area (Å²) in [6, 6.07) is 2.34. The molecule has 2 unspecified atom stereocenters. The first kappa shape index (κ1) is 11.0. The van der Waals surface area contributed by atoms with Gasteiger partial charge in [0.2, 0.25) is 0 Å². The molecule has 3 fully saturated rings. The van der Waals surface area contributed by atoms with Gasteiger partial charge in [-0.25, -0.2) is 0 Å². The van der Waals surface area contributed by atoms with E-state index in [9.17, 15) is 0 Å². The van der Waals surface area contributed by atoms with Crippen molar-refractivity contribution in [2.45, 2.75) is 75.9 Å². The lowest BCUT2D eigenvalue weighted by Crippen LogP contribution is -2.45. The Balaban J connectivity index is 1.62. The van der Waals surface area contributed by atoms with E-state index in [0.717, 1.165) is 18.0 Å². The highest BCUT2D eigenvalue weighted by molar-refractivity contribution is 4.94. The lowest BCUT2D eigenvalue weighted by Gasteiger charge is -2.39. The Bertz CT molecular complexity index is 233. The smallest absolute Gasteiger partial charge is 0.0127 e. The molecular weight excluding hydrogens is 196 g/mol. The lowest BCUT2D eigenvalue weighted by molar-refractivity contribution is 0.103. The molecule has 2 aliphatic carbocycles. The zero-order chi connectivity index (χ0) is 11.0. The van der Waals surface area contributed by atoms with E-state index in [2.05, 4.69) is 4.90 Å². The van der Waals surface area contributed by atoms with Gasteiger partial charge >= 0.3 is 0 Å². The fraction of sp³-hybridized carbons (Fsp3) is 1.00. The second-order valence-electron chi connectivity index (χ2n) is 6.21. The predicted octanol–water partition coefficient (Wildman–Crippen LogP) is 2.52. The Morgan fingerprint density at radius 3 is 2.38 bits per heavy atom.